The van der Waals surface area contributed by atoms with Gasteiger partial charge in [-0.3, -0.25) is 5.32 Å². The maximum atomic E-state index is 11.5. The van der Waals surface area contributed by atoms with Crippen molar-refractivity contribution in [3.8, 4) is 0 Å². The van der Waals surface area contributed by atoms with E-state index in [0.717, 1.165) is 0 Å². The summed E-state index contributed by atoms with van der Waals surface area (Å²) in [7, 11) is 0. The third kappa shape index (κ3) is 4.69. The van der Waals surface area contributed by atoms with Crippen molar-refractivity contribution >= 4 is 39.5 Å². The van der Waals surface area contributed by atoms with Crippen molar-refractivity contribution in [1.29, 1.82) is 0 Å². The number of hydrogen-bond donors (Lipinski definition) is 1. The highest BCUT2D eigenvalue weighted by Crippen LogP contribution is 2.28. The van der Waals surface area contributed by atoms with Gasteiger partial charge in [0, 0.05) is 10.2 Å². The van der Waals surface area contributed by atoms with E-state index >= 15 is 0 Å². The number of isocyanates is 1. The van der Waals surface area contributed by atoms with Crippen LogP contribution in [0.5, 0.6) is 0 Å². The Kier molecular flexibility index (Phi) is 4.64. The number of carbonyl (C=O) groups is 1. The zero-order valence-electron chi connectivity index (χ0n) is 10.3. The van der Waals surface area contributed by atoms with E-state index in [4.69, 9.17) is 4.74 Å². The lowest BCUT2D eigenvalue weighted by molar-refractivity contribution is 0.0636. The molecule has 0 saturated carbocycles. The number of amides is 1. The molecule has 1 amide bonds. The molecule has 18 heavy (non-hydrogen) atoms. The third-order valence-electron chi connectivity index (χ3n) is 1.76. The number of hydrogen-bond acceptors (Lipinski definition) is 4. The zero-order valence-corrected chi connectivity index (χ0v) is 11.9. The Hall–Kier alpha value is -1.65. The summed E-state index contributed by atoms with van der Waals surface area (Å²) >= 11 is 3.23. The Morgan fingerprint density at radius 2 is 2.11 bits per heavy atom. The molecule has 96 valence electrons. The summed E-state index contributed by atoms with van der Waals surface area (Å²) in [6.07, 6.45) is 0.881. The van der Waals surface area contributed by atoms with Crippen molar-refractivity contribution in [3.63, 3.8) is 0 Å². The fraction of sp³-hybridized carbons (Fsp3) is 0.333. The van der Waals surface area contributed by atoms with E-state index in [0.29, 0.717) is 15.8 Å². The monoisotopic (exact) mass is 312 g/mol. The minimum atomic E-state index is -0.566. The first kappa shape index (κ1) is 14.4. The van der Waals surface area contributed by atoms with Gasteiger partial charge in [-0.05, 0) is 54.9 Å². The minimum Gasteiger partial charge on any atom is -0.444 e. The molecule has 0 aromatic heterocycles. The van der Waals surface area contributed by atoms with E-state index in [-0.39, 0.29) is 0 Å². The van der Waals surface area contributed by atoms with Crippen LogP contribution in [0.25, 0.3) is 0 Å². The number of anilines is 1. The van der Waals surface area contributed by atoms with E-state index < -0.39 is 11.7 Å². The van der Waals surface area contributed by atoms with Crippen LogP contribution in [0.15, 0.2) is 27.7 Å². The SMILES string of the molecule is CC(C)(C)OC(=O)Nc1ccc(Br)c(N=C=O)c1. The maximum absolute atomic E-state index is 11.5. The number of ether oxygens (including phenoxy) is 1. The molecule has 6 heteroatoms. The average molecular weight is 313 g/mol. The number of nitrogens with one attached hydrogen (secondary N) is 1. The summed E-state index contributed by atoms with van der Waals surface area (Å²) in [6, 6.07) is 4.87. The first-order valence-corrected chi connectivity index (χ1v) is 5.98. The maximum Gasteiger partial charge on any atom is 0.412 e. The van der Waals surface area contributed by atoms with Crippen molar-refractivity contribution in [2.24, 2.45) is 4.99 Å². The molecule has 0 aliphatic carbocycles. The van der Waals surface area contributed by atoms with Crippen LogP contribution in [0.1, 0.15) is 20.8 Å². The lowest BCUT2D eigenvalue weighted by Crippen LogP contribution is -2.27. The Balaban J connectivity index is 2.83. The highest BCUT2D eigenvalue weighted by atomic mass is 79.9. The van der Waals surface area contributed by atoms with E-state index in [1.807, 2.05) is 0 Å². The van der Waals surface area contributed by atoms with Gasteiger partial charge in [-0.2, -0.15) is 4.99 Å². The van der Waals surface area contributed by atoms with Gasteiger partial charge in [0.2, 0.25) is 6.08 Å². The Labute approximate surface area is 113 Å². The van der Waals surface area contributed by atoms with Gasteiger partial charge in [0.25, 0.3) is 0 Å². The lowest BCUT2D eigenvalue weighted by Gasteiger charge is -2.19. The quantitative estimate of drug-likeness (QED) is 0.667. The second kappa shape index (κ2) is 5.80. The van der Waals surface area contributed by atoms with Crippen molar-refractivity contribution in [2.75, 3.05) is 5.32 Å². The highest BCUT2D eigenvalue weighted by Gasteiger charge is 2.16. The molecule has 0 radical (unpaired) electrons. The van der Waals surface area contributed by atoms with Crippen LogP contribution >= 0.6 is 15.9 Å². The molecule has 0 bridgehead atoms. The van der Waals surface area contributed by atoms with Crippen LogP contribution in [-0.4, -0.2) is 17.8 Å². The van der Waals surface area contributed by atoms with Gasteiger partial charge >= 0.3 is 6.09 Å². The van der Waals surface area contributed by atoms with Gasteiger partial charge in [-0.1, -0.05) is 0 Å². The lowest BCUT2D eigenvalue weighted by atomic mass is 10.2. The van der Waals surface area contributed by atoms with Crippen LogP contribution in [-0.2, 0) is 9.53 Å². The van der Waals surface area contributed by atoms with Crippen molar-refractivity contribution in [2.45, 2.75) is 26.4 Å². The summed E-state index contributed by atoms with van der Waals surface area (Å²) in [5.74, 6) is 0. The number of halogens is 1. The third-order valence-corrected chi connectivity index (χ3v) is 2.43. The number of rotatable bonds is 2. The molecule has 0 saturated heterocycles. The molecular formula is C12H13BrN2O3. The first-order chi connectivity index (χ1) is 8.31. The topological polar surface area (TPSA) is 67.8 Å². The molecular weight excluding hydrogens is 300 g/mol. The first-order valence-electron chi connectivity index (χ1n) is 5.19. The Morgan fingerprint density at radius 1 is 1.44 bits per heavy atom. The fourth-order valence-electron chi connectivity index (χ4n) is 1.15. The standard InChI is InChI=1S/C12H13BrN2O3/c1-12(2,3)18-11(17)15-8-4-5-9(13)10(6-8)14-7-16/h4-6H,1-3H3,(H,15,17). The van der Waals surface area contributed by atoms with Gasteiger partial charge in [0.1, 0.15) is 5.60 Å². The molecule has 0 spiro atoms. The summed E-state index contributed by atoms with van der Waals surface area (Å²) in [5.41, 5.74) is 0.309. The molecule has 5 nitrogen and oxygen atoms in total. The molecule has 1 aromatic rings. The van der Waals surface area contributed by atoms with Gasteiger partial charge in [0.15, 0.2) is 0 Å². The fourth-order valence-corrected chi connectivity index (χ4v) is 1.48. The molecule has 0 aliphatic heterocycles. The molecule has 0 fully saturated rings. The Morgan fingerprint density at radius 3 is 2.67 bits per heavy atom. The molecule has 0 aliphatic rings. The van der Waals surface area contributed by atoms with Crippen molar-refractivity contribution in [3.05, 3.63) is 22.7 Å². The summed E-state index contributed by atoms with van der Waals surface area (Å²) in [5, 5.41) is 2.55. The highest BCUT2D eigenvalue weighted by molar-refractivity contribution is 9.10. The number of carbonyl (C=O) groups excluding carboxylic acids is 2. The summed E-state index contributed by atoms with van der Waals surface area (Å²) < 4.78 is 5.74. The zero-order chi connectivity index (χ0) is 13.8. The predicted octanol–water partition coefficient (Wildman–Crippen LogP) is 3.76. The molecule has 1 rings (SSSR count). The smallest absolute Gasteiger partial charge is 0.412 e. The van der Waals surface area contributed by atoms with Crippen molar-refractivity contribution in [1.82, 2.24) is 0 Å². The second-order valence-corrected chi connectivity index (χ2v) is 5.35. The molecule has 0 atom stereocenters. The Bertz CT molecular complexity index is 503. The average Bonchev–Trinajstić information content (AvgIpc) is 2.20. The van der Waals surface area contributed by atoms with Gasteiger partial charge in [0.05, 0.1) is 5.69 Å². The van der Waals surface area contributed by atoms with E-state index in [9.17, 15) is 9.59 Å². The molecule has 1 aromatic carbocycles. The van der Waals surface area contributed by atoms with E-state index in [1.165, 1.54) is 6.08 Å². The van der Waals surface area contributed by atoms with E-state index in [1.54, 1.807) is 39.0 Å². The van der Waals surface area contributed by atoms with Gasteiger partial charge in [-0.25, -0.2) is 9.59 Å². The number of nitrogens with zero attached hydrogens (tertiary/aromatic N) is 1. The molecule has 1 N–H and O–H groups in total. The molecule has 0 heterocycles. The van der Waals surface area contributed by atoms with Crippen LogP contribution < -0.4 is 5.32 Å². The molecule has 0 unspecified atom stereocenters. The largest absolute Gasteiger partial charge is 0.444 e. The van der Waals surface area contributed by atoms with E-state index in [2.05, 4.69) is 26.2 Å². The summed E-state index contributed by atoms with van der Waals surface area (Å²) in [4.78, 5) is 25.3. The van der Waals surface area contributed by atoms with Crippen LogP contribution in [0.2, 0.25) is 0 Å². The summed E-state index contributed by atoms with van der Waals surface area (Å²) in [6.45, 7) is 5.32. The second-order valence-electron chi connectivity index (χ2n) is 4.50. The number of benzene rings is 1. The number of aliphatic imine (C=N–C) groups is 1. The van der Waals surface area contributed by atoms with Crippen LogP contribution in [0.3, 0.4) is 0 Å². The van der Waals surface area contributed by atoms with Crippen molar-refractivity contribution < 1.29 is 14.3 Å². The van der Waals surface area contributed by atoms with Crippen LogP contribution in [0, 0.1) is 0 Å². The minimum absolute atomic E-state index is 0.388. The van der Waals surface area contributed by atoms with Gasteiger partial charge < -0.3 is 4.74 Å². The van der Waals surface area contributed by atoms with Crippen LogP contribution in [0.4, 0.5) is 16.2 Å². The normalized spacial score (nSPS) is 10.4. The predicted molar refractivity (Wildman–Crippen MR) is 71.8 cm³/mol. The van der Waals surface area contributed by atoms with Gasteiger partial charge in [-0.15, -0.1) is 0 Å².